The number of ether oxygens (including phenoxy) is 4. The van der Waals surface area contributed by atoms with Gasteiger partial charge in [-0.15, -0.1) is 0 Å². The van der Waals surface area contributed by atoms with Crippen molar-refractivity contribution < 1.29 is 52.6 Å². The van der Waals surface area contributed by atoms with Gasteiger partial charge in [-0.2, -0.15) is 0 Å². The van der Waals surface area contributed by atoms with Crippen LogP contribution in [-0.2, 0) is 39.3 Å². The van der Waals surface area contributed by atoms with Gasteiger partial charge in [-0.05, 0) is 194 Å². The zero-order valence-electron chi connectivity index (χ0n) is 33.0. The van der Waals surface area contributed by atoms with Gasteiger partial charge in [0.25, 0.3) is 0 Å². The summed E-state index contributed by atoms with van der Waals surface area (Å²) in [5.74, 6) is 2.52. The van der Waals surface area contributed by atoms with Crippen molar-refractivity contribution in [2.75, 3.05) is 0 Å². The molecule has 0 N–H and O–H groups in total. The zero-order valence-corrected chi connectivity index (χ0v) is 36.3. The van der Waals surface area contributed by atoms with E-state index in [-0.39, 0.29) is 39.2 Å². The first-order valence-corrected chi connectivity index (χ1v) is 25.1. The molecule has 8 aromatic carbocycles. The molecule has 13 aliphatic heterocycles. The molecule has 0 aromatic heterocycles. The second kappa shape index (κ2) is 16.5. The Morgan fingerprint density at radius 3 is 0.359 bits per heavy atom. The molecule has 0 unspecified atom stereocenters. The maximum atomic E-state index is 13.5. The van der Waals surface area contributed by atoms with Crippen molar-refractivity contribution in [3.63, 3.8) is 0 Å². The van der Waals surface area contributed by atoms with Crippen LogP contribution in [-0.4, -0.2) is 33.7 Å². The van der Waals surface area contributed by atoms with Crippen LogP contribution in [0.3, 0.4) is 0 Å². The van der Waals surface area contributed by atoms with Crippen LogP contribution in [0.2, 0.25) is 0 Å². The van der Waals surface area contributed by atoms with Gasteiger partial charge in [0, 0.05) is 0 Å². The Bertz CT molecular complexity index is 2770. The van der Waals surface area contributed by atoms with Crippen LogP contribution >= 0.6 is 0 Å². The van der Waals surface area contributed by atoms with Gasteiger partial charge in [-0.1, -0.05) is 0 Å². The topological polar surface area (TPSA) is 173 Å². The minimum absolute atomic E-state index is 0.0121. The molecule has 13 aliphatic rings. The predicted octanol–water partition coefficient (Wildman–Crippen LogP) is 10.5. The van der Waals surface area contributed by atoms with Crippen molar-refractivity contribution in [1.29, 1.82) is 0 Å². The van der Waals surface area contributed by atoms with Gasteiger partial charge in [0.15, 0.2) is 0 Å². The van der Waals surface area contributed by atoms with Crippen molar-refractivity contribution in [1.82, 2.24) is 0 Å². The second-order valence-electron chi connectivity index (χ2n) is 14.2. The molecule has 0 saturated carbocycles. The summed E-state index contributed by atoms with van der Waals surface area (Å²) < 4.78 is 131. The van der Waals surface area contributed by atoms with E-state index in [1.165, 1.54) is 194 Å². The van der Waals surface area contributed by atoms with Crippen molar-refractivity contribution in [3.05, 3.63) is 194 Å². The molecule has 0 radical (unpaired) electrons. The van der Waals surface area contributed by atoms with Crippen LogP contribution in [0.1, 0.15) is 0 Å². The lowest BCUT2D eigenvalue weighted by molar-refractivity contribution is 0.481. The number of sulfone groups is 4. The highest BCUT2D eigenvalue weighted by molar-refractivity contribution is 7.92. The molecule has 16 bridgehead atoms. The maximum absolute atomic E-state index is 13.5. The van der Waals surface area contributed by atoms with E-state index in [2.05, 4.69) is 0 Å². The predicted molar refractivity (Wildman–Crippen MR) is 234 cm³/mol. The Morgan fingerprint density at radius 1 is 0.172 bits per heavy atom. The second-order valence-corrected chi connectivity index (χ2v) is 22.0. The molecule has 0 saturated heterocycles. The van der Waals surface area contributed by atoms with E-state index in [4.69, 9.17) is 18.9 Å². The van der Waals surface area contributed by atoms with Crippen LogP contribution in [0.15, 0.2) is 233 Å². The molecule has 0 fully saturated rings. The Kier molecular flexibility index (Phi) is 10.8. The molecule has 21 rings (SSSR count). The Labute approximate surface area is 369 Å². The zero-order chi connectivity index (χ0) is 44.7. The van der Waals surface area contributed by atoms with Crippen molar-refractivity contribution in [2.45, 2.75) is 39.2 Å². The summed E-state index contributed by atoms with van der Waals surface area (Å²) in [4.78, 5) is 0.0965. The summed E-state index contributed by atoms with van der Waals surface area (Å²) in [5.41, 5.74) is 0. The third-order valence-corrected chi connectivity index (χ3v) is 17.2. The van der Waals surface area contributed by atoms with Gasteiger partial charge in [0.2, 0.25) is 39.3 Å². The molecule has 16 heteroatoms. The van der Waals surface area contributed by atoms with Crippen LogP contribution in [0.25, 0.3) is 0 Å². The molecule has 8 aromatic rings. The van der Waals surface area contributed by atoms with Crippen molar-refractivity contribution in [2.24, 2.45) is 0 Å². The highest BCUT2D eigenvalue weighted by atomic mass is 32.2. The molecular formula is C48H32O12S4. The lowest BCUT2D eigenvalue weighted by atomic mass is 10.3. The number of hydrogen-bond donors (Lipinski definition) is 0. The molecule has 0 aliphatic carbocycles. The van der Waals surface area contributed by atoms with Gasteiger partial charge >= 0.3 is 0 Å². The van der Waals surface area contributed by atoms with Gasteiger partial charge in [0.05, 0.1) is 39.2 Å². The normalized spacial score (nSPS) is 15.8. The smallest absolute Gasteiger partial charge is 0.206 e. The first-order valence-electron chi connectivity index (χ1n) is 19.2. The quantitative estimate of drug-likeness (QED) is 0.141. The SMILES string of the molecule is O=S1(=O)c2ccc(cc2)Oc2ccc(cc2)S(=O)(=O)c2ccc(cc2)Oc2ccc(cc2)S(=O)(=O)c2ccc(cc2)Oc2ccc(cc2)S(=O)(=O)c2ccc(cc2)Oc2ccc1cc2. The summed E-state index contributed by atoms with van der Waals surface area (Å²) in [7, 11) is -15.7. The number of benzene rings is 8. The summed E-state index contributed by atoms with van der Waals surface area (Å²) >= 11 is 0. The first-order chi connectivity index (χ1) is 30.6. The Balaban J connectivity index is 0.999. The van der Waals surface area contributed by atoms with Crippen LogP contribution in [0, 0.1) is 0 Å². The van der Waals surface area contributed by atoms with E-state index in [0.29, 0.717) is 46.0 Å². The summed E-state index contributed by atoms with van der Waals surface area (Å²) in [6.07, 6.45) is 0. The highest BCUT2D eigenvalue weighted by Crippen LogP contribution is 2.34. The minimum Gasteiger partial charge on any atom is -0.457 e. The van der Waals surface area contributed by atoms with E-state index in [1.54, 1.807) is 0 Å². The fourth-order valence-electron chi connectivity index (χ4n) is 6.58. The number of hydrogen-bond acceptors (Lipinski definition) is 12. The third kappa shape index (κ3) is 8.46. The molecule has 320 valence electrons. The largest absolute Gasteiger partial charge is 0.457 e. The molecule has 64 heavy (non-hydrogen) atoms. The van der Waals surface area contributed by atoms with E-state index in [9.17, 15) is 33.7 Å². The van der Waals surface area contributed by atoms with Gasteiger partial charge in [-0.25, -0.2) is 33.7 Å². The first kappa shape index (κ1) is 42.1. The molecular weight excluding hydrogens is 897 g/mol. The average Bonchev–Trinajstić information content (AvgIpc) is 3.30. The van der Waals surface area contributed by atoms with Gasteiger partial charge in [0.1, 0.15) is 46.0 Å². The van der Waals surface area contributed by atoms with Crippen molar-refractivity contribution in [3.8, 4) is 46.0 Å². The average molecular weight is 929 g/mol. The van der Waals surface area contributed by atoms with E-state index in [1.807, 2.05) is 0 Å². The van der Waals surface area contributed by atoms with Crippen LogP contribution in [0.5, 0.6) is 46.0 Å². The fraction of sp³-hybridized carbons (Fsp3) is 0. The molecule has 0 atom stereocenters. The van der Waals surface area contributed by atoms with Crippen molar-refractivity contribution >= 4 is 39.3 Å². The highest BCUT2D eigenvalue weighted by Gasteiger charge is 2.22. The monoisotopic (exact) mass is 928 g/mol. The summed E-state index contributed by atoms with van der Waals surface area (Å²) in [6.45, 7) is 0. The summed E-state index contributed by atoms with van der Waals surface area (Å²) in [6, 6.07) is 46.1. The third-order valence-electron chi connectivity index (χ3n) is 10.0. The standard InChI is InChI=1S/C48H32O12S4/c49-61(50)41-17-1-33(2-18-41)57-34-3-19-43(20-4-34)62(51,52)44-23-7-37(8-24-44)59-38-11-27-47(28-12-38)64(55,56)48-31-15-40(16-32-48)60-39-13-29-46(30-14-39)63(53,54)45-25-9-36(10-26-45)58-35-5-21-42(61)22-6-35/h1-32H. The summed E-state index contributed by atoms with van der Waals surface area (Å²) in [5, 5.41) is 0. The molecule has 13 heterocycles. The van der Waals surface area contributed by atoms with Crippen LogP contribution in [0.4, 0.5) is 0 Å². The maximum Gasteiger partial charge on any atom is 0.206 e. The fourth-order valence-corrected chi connectivity index (χ4v) is 11.6. The molecule has 0 amide bonds. The van der Waals surface area contributed by atoms with E-state index >= 15 is 0 Å². The Hall–Kier alpha value is -7.24. The minimum atomic E-state index is -3.94. The van der Waals surface area contributed by atoms with E-state index in [0.717, 1.165) is 0 Å². The number of rotatable bonds is 0. The molecule has 12 nitrogen and oxygen atoms in total. The lowest BCUT2D eigenvalue weighted by Gasteiger charge is -2.11. The van der Waals surface area contributed by atoms with E-state index < -0.39 is 39.3 Å². The van der Waals surface area contributed by atoms with Crippen LogP contribution < -0.4 is 18.9 Å². The molecule has 0 spiro atoms. The van der Waals surface area contributed by atoms with Gasteiger partial charge < -0.3 is 18.9 Å². The lowest BCUT2D eigenvalue weighted by Crippen LogP contribution is -2.03. The Morgan fingerprint density at radius 2 is 0.266 bits per heavy atom. The van der Waals surface area contributed by atoms with Gasteiger partial charge in [-0.3, -0.25) is 0 Å².